The molecule has 6 rings (SSSR count). The SMILES string of the molecule is CNc1ccc2ccc(OC[C@H]3O[C@@H](n4cc(-c5ccc(C)o5)c5c(N)ncnc54)[C@@H](F)[C@@H]3O)cc2n1. The lowest BCUT2D eigenvalue weighted by Crippen LogP contribution is -2.32. The van der Waals surface area contributed by atoms with Crippen LogP contribution in [0.15, 0.2) is 59.4 Å². The summed E-state index contributed by atoms with van der Waals surface area (Å²) in [5, 5.41) is 15.1. The third kappa shape index (κ3) is 4.02. The number of benzene rings is 1. The number of anilines is 2. The number of halogens is 1. The van der Waals surface area contributed by atoms with Gasteiger partial charge in [0.05, 0.1) is 10.9 Å². The summed E-state index contributed by atoms with van der Waals surface area (Å²) >= 11 is 0. The lowest BCUT2D eigenvalue weighted by molar-refractivity contribution is -0.0410. The van der Waals surface area contributed by atoms with Crippen LogP contribution in [0.5, 0.6) is 5.75 Å². The van der Waals surface area contributed by atoms with Gasteiger partial charge in [0.15, 0.2) is 12.4 Å². The zero-order valence-electron chi connectivity index (χ0n) is 20.1. The van der Waals surface area contributed by atoms with E-state index in [0.717, 1.165) is 16.7 Å². The molecule has 4 atom stereocenters. The van der Waals surface area contributed by atoms with Gasteiger partial charge in [-0.25, -0.2) is 19.3 Å². The zero-order chi connectivity index (χ0) is 25.7. The Kier molecular flexibility index (Phi) is 5.65. The fourth-order valence-corrected chi connectivity index (χ4v) is 4.64. The molecule has 1 fully saturated rings. The van der Waals surface area contributed by atoms with Crippen molar-refractivity contribution in [2.45, 2.75) is 31.5 Å². The number of nitrogens with zero attached hydrogens (tertiary/aromatic N) is 4. The molecule has 5 aromatic rings. The number of nitrogen functional groups attached to an aromatic ring is 1. The molecule has 0 amide bonds. The number of hydrogen-bond donors (Lipinski definition) is 3. The fourth-order valence-electron chi connectivity index (χ4n) is 4.64. The third-order valence-corrected chi connectivity index (χ3v) is 6.55. The number of fused-ring (bicyclic) bond motifs is 2. The Morgan fingerprint density at radius 1 is 1.19 bits per heavy atom. The van der Waals surface area contributed by atoms with E-state index in [9.17, 15) is 5.11 Å². The molecule has 4 aromatic heterocycles. The molecule has 0 unspecified atom stereocenters. The highest BCUT2D eigenvalue weighted by molar-refractivity contribution is 5.99. The van der Waals surface area contributed by atoms with E-state index >= 15 is 4.39 Å². The lowest BCUT2D eigenvalue weighted by atomic mass is 10.1. The Balaban J connectivity index is 1.27. The van der Waals surface area contributed by atoms with Crippen LogP contribution in [0.1, 0.15) is 12.0 Å². The van der Waals surface area contributed by atoms with Crippen LogP contribution in [0, 0.1) is 6.92 Å². The van der Waals surface area contributed by atoms with E-state index in [1.165, 1.54) is 10.9 Å². The van der Waals surface area contributed by atoms with Crippen molar-refractivity contribution in [3.8, 4) is 17.1 Å². The van der Waals surface area contributed by atoms with Crippen molar-refractivity contribution in [3.05, 3.63) is 60.7 Å². The Labute approximate surface area is 210 Å². The summed E-state index contributed by atoms with van der Waals surface area (Å²) in [7, 11) is 1.80. The summed E-state index contributed by atoms with van der Waals surface area (Å²) in [6.45, 7) is 1.77. The van der Waals surface area contributed by atoms with Gasteiger partial charge in [-0.15, -0.1) is 0 Å². The quantitative estimate of drug-likeness (QED) is 0.315. The van der Waals surface area contributed by atoms with Crippen LogP contribution in [0.3, 0.4) is 0 Å². The predicted octanol–water partition coefficient (Wildman–Crippen LogP) is 3.85. The van der Waals surface area contributed by atoms with Gasteiger partial charge >= 0.3 is 0 Å². The summed E-state index contributed by atoms with van der Waals surface area (Å²) in [6.07, 6.45) is -2.25. The molecule has 1 aromatic carbocycles. The first-order valence-corrected chi connectivity index (χ1v) is 11.8. The summed E-state index contributed by atoms with van der Waals surface area (Å²) in [6, 6.07) is 12.9. The Morgan fingerprint density at radius 3 is 2.81 bits per heavy atom. The van der Waals surface area contributed by atoms with Gasteiger partial charge in [-0.1, -0.05) is 0 Å². The van der Waals surface area contributed by atoms with Gasteiger partial charge in [0.25, 0.3) is 0 Å². The molecule has 4 N–H and O–H groups in total. The number of rotatable bonds is 6. The maximum absolute atomic E-state index is 15.4. The second kappa shape index (κ2) is 9.02. The highest BCUT2D eigenvalue weighted by Crippen LogP contribution is 2.40. The monoisotopic (exact) mass is 504 g/mol. The average Bonchev–Trinajstić information content (AvgIpc) is 3.59. The summed E-state index contributed by atoms with van der Waals surface area (Å²) in [5.41, 5.74) is 7.88. The van der Waals surface area contributed by atoms with Crippen LogP contribution < -0.4 is 15.8 Å². The van der Waals surface area contributed by atoms with Crippen LogP contribution in [0.25, 0.3) is 33.3 Å². The molecule has 0 bridgehead atoms. The number of aliphatic hydroxyl groups excluding tert-OH is 1. The van der Waals surface area contributed by atoms with Gasteiger partial charge in [-0.05, 0) is 43.3 Å². The lowest BCUT2D eigenvalue weighted by Gasteiger charge is -2.17. The Morgan fingerprint density at radius 2 is 2.03 bits per heavy atom. The first-order chi connectivity index (χ1) is 17.9. The number of hydrogen-bond acceptors (Lipinski definition) is 9. The number of alkyl halides is 1. The van der Waals surface area contributed by atoms with Gasteiger partial charge in [-0.3, -0.25) is 0 Å². The second-order valence-electron chi connectivity index (χ2n) is 8.93. The zero-order valence-corrected chi connectivity index (χ0v) is 20.1. The average molecular weight is 505 g/mol. The van der Waals surface area contributed by atoms with E-state index in [2.05, 4.69) is 20.3 Å². The normalized spacial score (nSPS) is 21.6. The molecule has 0 spiro atoms. The van der Waals surface area contributed by atoms with Crippen molar-refractivity contribution in [1.82, 2.24) is 19.5 Å². The second-order valence-corrected chi connectivity index (χ2v) is 8.93. The molecule has 190 valence electrons. The highest BCUT2D eigenvalue weighted by atomic mass is 19.1. The third-order valence-electron chi connectivity index (χ3n) is 6.55. The first-order valence-electron chi connectivity index (χ1n) is 11.8. The van der Waals surface area contributed by atoms with Crippen molar-refractivity contribution in [1.29, 1.82) is 0 Å². The van der Waals surface area contributed by atoms with Crippen LogP contribution in [-0.2, 0) is 4.74 Å². The predicted molar refractivity (Wildman–Crippen MR) is 136 cm³/mol. The fraction of sp³-hybridized carbons (Fsp3) is 0.269. The number of aryl methyl sites for hydroxylation is 1. The summed E-state index contributed by atoms with van der Waals surface area (Å²) < 4.78 is 34.6. The van der Waals surface area contributed by atoms with E-state index < -0.39 is 24.6 Å². The molecule has 0 radical (unpaired) electrons. The molecule has 10 nitrogen and oxygen atoms in total. The van der Waals surface area contributed by atoms with E-state index in [1.54, 1.807) is 31.4 Å². The van der Waals surface area contributed by atoms with Gasteiger partial charge < -0.3 is 34.6 Å². The number of aliphatic hydroxyl groups is 1. The minimum atomic E-state index is -1.73. The van der Waals surface area contributed by atoms with E-state index in [1.807, 2.05) is 31.2 Å². The number of pyridine rings is 1. The van der Waals surface area contributed by atoms with Gasteiger partial charge in [0.2, 0.25) is 0 Å². The maximum Gasteiger partial charge on any atom is 0.173 e. The molecule has 11 heteroatoms. The summed E-state index contributed by atoms with van der Waals surface area (Å²) in [5.74, 6) is 2.75. The molecular formula is C26H25FN6O4. The van der Waals surface area contributed by atoms with Gasteiger partial charge in [-0.2, -0.15) is 0 Å². The molecular weight excluding hydrogens is 479 g/mol. The van der Waals surface area contributed by atoms with Crippen molar-refractivity contribution >= 4 is 33.6 Å². The molecule has 1 aliphatic rings. The van der Waals surface area contributed by atoms with E-state index in [0.29, 0.717) is 33.9 Å². The van der Waals surface area contributed by atoms with Gasteiger partial charge in [0.1, 0.15) is 59.7 Å². The highest BCUT2D eigenvalue weighted by Gasteiger charge is 2.46. The van der Waals surface area contributed by atoms with E-state index in [4.69, 9.17) is 19.6 Å². The smallest absolute Gasteiger partial charge is 0.173 e. The molecule has 37 heavy (non-hydrogen) atoms. The maximum atomic E-state index is 15.4. The number of nitrogens with one attached hydrogen (secondary N) is 1. The number of furan rings is 1. The van der Waals surface area contributed by atoms with Crippen molar-refractivity contribution in [2.75, 3.05) is 24.7 Å². The Hall–Kier alpha value is -4.22. The van der Waals surface area contributed by atoms with Crippen LogP contribution in [0.4, 0.5) is 16.0 Å². The Bertz CT molecular complexity index is 1600. The van der Waals surface area contributed by atoms with Crippen LogP contribution >= 0.6 is 0 Å². The molecule has 0 saturated carbocycles. The van der Waals surface area contributed by atoms with Crippen molar-refractivity contribution in [3.63, 3.8) is 0 Å². The standard InChI is InChI=1S/C26H25FN6O4/c1-13-3-7-18(36-13)16-10-33(25-21(16)24(28)30-12-31-25)26-22(27)23(34)19(37-26)11-35-15-6-4-14-5-8-20(29-2)32-17(14)9-15/h3-10,12,19,22-23,26,34H,11H2,1-2H3,(H,29,32)(H2,28,30,31)/t19-,22+,23-,26-/m1/s1. The van der Waals surface area contributed by atoms with Crippen molar-refractivity contribution < 1.29 is 23.4 Å². The van der Waals surface area contributed by atoms with E-state index in [-0.39, 0.29) is 12.4 Å². The van der Waals surface area contributed by atoms with Gasteiger partial charge in [0, 0.05) is 30.3 Å². The summed E-state index contributed by atoms with van der Waals surface area (Å²) in [4.78, 5) is 12.9. The molecule has 0 aliphatic carbocycles. The molecule has 1 aliphatic heterocycles. The van der Waals surface area contributed by atoms with Crippen molar-refractivity contribution in [2.24, 2.45) is 0 Å². The first kappa shape index (κ1) is 23.2. The number of nitrogens with two attached hydrogens (primary N) is 1. The number of aromatic nitrogens is 4. The topological polar surface area (TPSA) is 133 Å². The molecule has 1 saturated heterocycles. The molecule has 5 heterocycles. The van der Waals surface area contributed by atoms with Crippen LogP contribution in [-0.4, -0.2) is 56.7 Å². The largest absolute Gasteiger partial charge is 0.491 e. The van der Waals surface area contributed by atoms with Crippen LogP contribution in [0.2, 0.25) is 0 Å². The minimum absolute atomic E-state index is 0.0597. The minimum Gasteiger partial charge on any atom is -0.491 e. The number of ether oxygens (including phenoxy) is 2.